The summed E-state index contributed by atoms with van der Waals surface area (Å²) >= 11 is 0. The molecule has 0 aliphatic heterocycles. The van der Waals surface area contributed by atoms with Crippen LogP contribution in [0.1, 0.15) is 22.3 Å². The van der Waals surface area contributed by atoms with Crippen LogP contribution in [0, 0.1) is 0 Å². The van der Waals surface area contributed by atoms with Crippen LogP contribution in [0.5, 0.6) is 0 Å². The molecule has 0 unspecified atom stereocenters. The largest absolute Gasteiger partial charge is 0.328 e. The molecule has 0 saturated carbocycles. The number of hydrogen-bond donors (Lipinski definition) is 0. The highest BCUT2D eigenvalue weighted by Gasteiger charge is 2.46. The van der Waals surface area contributed by atoms with Crippen LogP contribution in [0.2, 0.25) is 0 Å². The van der Waals surface area contributed by atoms with Crippen molar-refractivity contribution >= 4 is 11.0 Å². The fourth-order valence-corrected chi connectivity index (χ4v) is 8.58. The van der Waals surface area contributed by atoms with Gasteiger partial charge in [0.2, 0.25) is 0 Å². The second-order valence-electron chi connectivity index (χ2n) is 14.3. The summed E-state index contributed by atoms with van der Waals surface area (Å²) in [5.41, 5.74) is 15.5. The van der Waals surface area contributed by atoms with Crippen molar-refractivity contribution < 1.29 is 0 Å². The number of nitrogens with zero attached hydrogens (tertiary/aromatic N) is 4. The first-order valence-corrected chi connectivity index (χ1v) is 18.6. The maximum absolute atomic E-state index is 12.6. The molecule has 2 heterocycles. The van der Waals surface area contributed by atoms with Gasteiger partial charge in [-0.1, -0.05) is 158 Å². The van der Waals surface area contributed by atoms with E-state index in [1.165, 1.54) is 33.4 Å². The molecule has 0 spiro atoms. The molecule has 55 heavy (non-hydrogen) atoms. The first-order valence-electron chi connectivity index (χ1n) is 18.6. The predicted molar refractivity (Wildman–Crippen MR) is 223 cm³/mol. The molecule has 1 aliphatic carbocycles. The van der Waals surface area contributed by atoms with Crippen LogP contribution in [0.3, 0.4) is 0 Å². The molecule has 5 heteroatoms. The molecular formula is C50H36N4O. The van der Waals surface area contributed by atoms with Crippen molar-refractivity contribution in [3.8, 4) is 56.2 Å². The Hall–Kier alpha value is -7.11. The Balaban J connectivity index is 1.13. The van der Waals surface area contributed by atoms with Crippen molar-refractivity contribution in [1.29, 1.82) is 0 Å². The predicted octanol–water partition coefficient (Wildman–Crippen LogP) is 10.7. The number of rotatable bonds is 6. The standard InChI is InChI=1S/C50H36N4O/c1-53-46-29-27-36(31-47(46)54(2)49(53)55)33-22-24-34(25-23-33)44-32-45(52-48(51-44)35-14-6-3-7-15-35)37-26-28-41-40-20-12-13-21-42(40)50(43(41)30-37,38-16-8-4-9-17-38)39-18-10-5-11-19-39/h3-32H,1-2H3. The average molecular weight is 709 g/mol. The van der Waals surface area contributed by atoms with Crippen LogP contribution in [-0.4, -0.2) is 19.1 Å². The second kappa shape index (κ2) is 12.8. The van der Waals surface area contributed by atoms with Gasteiger partial charge in [-0.3, -0.25) is 9.13 Å². The molecule has 0 bridgehead atoms. The Labute approximate surface area is 319 Å². The van der Waals surface area contributed by atoms with Crippen molar-refractivity contribution in [3.05, 3.63) is 215 Å². The first-order chi connectivity index (χ1) is 27.0. The van der Waals surface area contributed by atoms with Crippen molar-refractivity contribution in [2.45, 2.75) is 5.41 Å². The van der Waals surface area contributed by atoms with Gasteiger partial charge in [0, 0.05) is 30.8 Å². The van der Waals surface area contributed by atoms with E-state index >= 15 is 0 Å². The zero-order valence-electron chi connectivity index (χ0n) is 30.5. The lowest BCUT2D eigenvalue weighted by Gasteiger charge is -2.34. The van der Waals surface area contributed by atoms with Gasteiger partial charge in [0.25, 0.3) is 0 Å². The van der Waals surface area contributed by atoms with E-state index in [0.717, 1.165) is 50.2 Å². The van der Waals surface area contributed by atoms with E-state index in [4.69, 9.17) is 9.97 Å². The van der Waals surface area contributed by atoms with E-state index in [1.807, 2.05) is 38.4 Å². The number of imidazole rings is 1. The Morgan fingerprint density at radius 1 is 0.418 bits per heavy atom. The van der Waals surface area contributed by atoms with Crippen molar-refractivity contribution in [2.75, 3.05) is 0 Å². The summed E-state index contributed by atoms with van der Waals surface area (Å²) in [4.78, 5) is 23.0. The third kappa shape index (κ3) is 5.12. The van der Waals surface area contributed by atoms with Gasteiger partial charge < -0.3 is 0 Å². The van der Waals surface area contributed by atoms with Gasteiger partial charge in [-0.2, -0.15) is 0 Å². The Morgan fingerprint density at radius 3 is 1.64 bits per heavy atom. The van der Waals surface area contributed by atoms with Gasteiger partial charge in [-0.25, -0.2) is 14.8 Å². The van der Waals surface area contributed by atoms with Crippen LogP contribution in [0.25, 0.3) is 67.2 Å². The summed E-state index contributed by atoms with van der Waals surface area (Å²) in [6.07, 6.45) is 0. The molecule has 10 rings (SSSR count). The summed E-state index contributed by atoms with van der Waals surface area (Å²) in [6, 6.07) is 64.4. The highest BCUT2D eigenvalue weighted by molar-refractivity contribution is 5.89. The number of fused-ring (bicyclic) bond motifs is 4. The zero-order valence-corrected chi connectivity index (χ0v) is 30.5. The van der Waals surface area contributed by atoms with E-state index in [9.17, 15) is 4.79 Å². The zero-order chi connectivity index (χ0) is 37.1. The maximum atomic E-state index is 12.6. The van der Waals surface area contributed by atoms with Crippen molar-refractivity contribution in [3.63, 3.8) is 0 Å². The van der Waals surface area contributed by atoms with E-state index in [1.54, 1.807) is 9.13 Å². The van der Waals surface area contributed by atoms with Crippen molar-refractivity contribution in [1.82, 2.24) is 19.1 Å². The van der Waals surface area contributed by atoms with Gasteiger partial charge in [0.1, 0.15) is 0 Å². The van der Waals surface area contributed by atoms with Gasteiger partial charge >= 0.3 is 5.69 Å². The highest BCUT2D eigenvalue weighted by Crippen LogP contribution is 2.56. The summed E-state index contributed by atoms with van der Waals surface area (Å²) in [5, 5.41) is 0. The van der Waals surface area contributed by atoms with Crippen LogP contribution >= 0.6 is 0 Å². The SMILES string of the molecule is Cn1c(=O)n(C)c2cc(-c3ccc(-c4cc(-c5ccc6c(c5)C(c5ccccc5)(c5ccccc5)c5ccccc5-6)nc(-c5ccccc5)n4)cc3)ccc21. The van der Waals surface area contributed by atoms with E-state index < -0.39 is 5.41 Å². The molecule has 0 amide bonds. The smallest absolute Gasteiger partial charge is 0.295 e. The summed E-state index contributed by atoms with van der Waals surface area (Å²) < 4.78 is 3.38. The molecular weight excluding hydrogens is 673 g/mol. The molecule has 0 saturated heterocycles. The summed E-state index contributed by atoms with van der Waals surface area (Å²) in [5.74, 6) is 0.675. The Kier molecular flexibility index (Phi) is 7.56. The summed E-state index contributed by atoms with van der Waals surface area (Å²) in [6.45, 7) is 0. The van der Waals surface area contributed by atoms with E-state index in [0.29, 0.717) is 5.82 Å². The molecule has 9 aromatic rings. The minimum atomic E-state index is -0.506. The maximum Gasteiger partial charge on any atom is 0.328 e. The Morgan fingerprint density at radius 2 is 0.945 bits per heavy atom. The molecule has 1 aliphatic rings. The van der Waals surface area contributed by atoms with Gasteiger partial charge in [-0.05, 0) is 68.8 Å². The van der Waals surface area contributed by atoms with Crippen molar-refractivity contribution in [2.24, 2.45) is 14.1 Å². The number of aryl methyl sites for hydroxylation is 2. The first kappa shape index (κ1) is 32.5. The van der Waals surface area contributed by atoms with Crippen LogP contribution < -0.4 is 5.69 Å². The van der Waals surface area contributed by atoms with Gasteiger partial charge in [0.15, 0.2) is 5.82 Å². The fourth-order valence-electron chi connectivity index (χ4n) is 8.58. The lowest BCUT2D eigenvalue weighted by atomic mass is 9.67. The molecule has 5 nitrogen and oxygen atoms in total. The molecule has 7 aromatic carbocycles. The lowest BCUT2D eigenvalue weighted by molar-refractivity contribution is 0.768. The van der Waals surface area contributed by atoms with Crippen LogP contribution in [-0.2, 0) is 19.5 Å². The topological polar surface area (TPSA) is 52.7 Å². The minimum absolute atomic E-state index is 0.0324. The molecule has 0 radical (unpaired) electrons. The van der Waals surface area contributed by atoms with E-state index in [2.05, 4.69) is 158 Å². The second-order valence-corrected chi connectivity index (χ2v) is 14.3. The number of aromatic nitrogens is 4. The molecule has 2 aromatic heterocycles. The van der Waals surface area contributed by atoms with Crippen LogP contribution in [0.4, 0.5) is 0 Å². The van der Waals surface area contributed by atoms with Gasteiger partial charge in [-0.15, -0.1) is 0 Å². The average Bonchev–Trinajstić information content (AvgIpc) is 3.68. The fraction of sp³-hybridized carbons (Fsp3) is 0.0600. The third-order valence-electron chi connectivity index (χ3n) is 11.3. The van der Waals surface area contributed by atoms with Gasteiger partial charge in [0.05, 0.1) is 27.8 Å². The monoisotopic (exact) mass is 708 g/mol. The third-order valence-corrected chi connectivity index (χ3v) is 11.3. The quantitative estimate of drug-likeness (QED) is 0.173. The normalized spacial score (nSPS) is 12.8. The summed E-state index contributed by atoms with van der Waals surface area (Å²) in [7, 11) is 3.63. The molecule has 262 valence electrons. The van der Waals surface area contributed by atoms with E-state index in [-0.39, 0.29) is 5.69 Å². The highest BCUT2D eigenvalue weighted by atomic mass is 16.1. The number of hydrogen-bond acceptors (Lipinski definition) is 3. The Bertz CT molecular complexity index is 2910. The molecule has 0 N–H and O–H groups in total. The molecule has 0 fully saturated rings. The lowest BCUT2D eigenvalue weighted by Crippen LogP contribution is -2.28. The number of benzene rings is 7. The van der Waals surface area contributed by atoms with Crippen LogP contribution in [0.15, 0.2) is 187 Å². The molecule has 0 atom stereocenters. The minimum Gasteiger partial charge on any atom is -0.295 e.